The first-order chi connectivity index (χ1) is 11.7. The molecular formula is C18H16FN3OS. The Morgan fingerprint density at radius 2 is 2.25 bits per heavy atom. The molecule has 0 saturated heterocycles. The van der Waals surface area contributed by atoms with Gasteiger partial charge in [-0.2, -0.15) is 0 Å². The van der Waals surface area contributed by atoms with Crippen molar-refractivity contribution in [1.29, 1.82) is 0 Å². The van der Waals surface area contributed by atoms with Crippen LogP contribution in [0.1, 0.15) is 18.9 Å². The van der Waals surface area contributed by atoms with Gasteiger partial charge in [-0.1, -0.05) is 24.3 Å². The Morgan fingerprint density at radius 3 is 3.00 bits per heavy atom. The molecule has 4 nitrogen and oxygen atoms in total. The average Bonchev–Trinajstić information content (AvgIpc) is 3.20. The molecule has 4 rings (SSSR count). The van der Waals surface area contributed by atoms with E-state index in [-0.39, 0.29) is 5.91 Å². The summed E-state index contributed by atoms with van der Waals surface area (Å²) >= 11 is 1.41. The maximum atomic E-state index is 13.0. The highest BCUT2D eigenvalue weighted by molar-refractivity contribution is 7.22. The molecule has 3 aromatic rings. The predicted octanol–water partition coefficient (Wildman–Crippen LogP) is 4.22. The molecule has 0 bridgehead atoms. The van der Waals surface area contributed by atoms with Gasteiger partial charge in [0.2, 0.25) is 5.91 Å². The Hall–Kier alpha value is -2.34. The zero-order chi connectivity index (χ0) is 16.7. The van der Waals surface area contributed by atoms with Crippen molar-refractivity contribution in [3.05, 3.63) is 42.2 Å². The van der Waals surface area contributed by atoms with Crippen LogP contribution < -0.4 is 5.32 Å². The molecular weight excluding hydrogens is 325 g/mol. The number of carbonyl (C=O) groups is 1. The van der Waals surface area contributed by atoms with Crippen LogP contribution in [0.2, 0.25) is 0 Å². The van der Waals surface area contributed by atoms with Gasteiger partial charge in [-0.25, -0.2) is 9.37 Å². The number of aryl methyl sites for hydroxylation is 1. The Bertz CT molecular complexity index is 924. The van der Waals surface area contributed by atoms with Crippen LogP contribution in [0.25, 0.3) is 21.3 Å². The number of benzene rings is 1. The lowest BCUT2D eigenvalue weighted by atomic mass is 10.0. The van der Waals surface area contributed by atoms with Crippen LogP contribution in [0.4, 0.5) is 9.52 Å². The second-order valence-corrected chi connectivity index (χ2v) is 6.97. The Morgan fingerprint density at radius 1 is 1.42 bits per heavy atom. The number of thiazole rings is 1. The number of aromatic nitrogens is 2. The Labute approximate surface area is 142 Å². The predicted molar refractivity (Wildman–Crippen MR) is 93.9 cm³/mol. The number of halogens is 1. The smallest absolute Gasteiger partial charge is 0.232 e. The van der Waals surface area contributed by atoms with Crippen LogP contribution in [-0.4, -0.2) is 22.0 Å². The van der Waals surface area contributed by atoms with Gasteiger partial charge in [0.25, 0.3) is 0 Å². The van der Waals surface area contributed by atoms with Gasteiger partial charge in [0, 0.05) is 18.0 Å². The third-order valence-corrected chi connectivity index (χ3v) is 5.20. The van der Waals surface area contributed by atoms with Crippen molar-refractivity contribution in [1.82, 2.24) is 9.97 Å². The van der Waals surface area contributed by atoms with E-state index in [1.54, 1.807) is 6.20 Å². The van der Waals surface area contributed by atoms with E-state index in [2.05, 4.69) is 28.3 Å². The molecule has 2 unspecified atom stereocenters. The van der Waals surface area contributed by atoms with Gasteiger partial charge in [0.05, 0.1) is 16.1 Å². The normalized spacial score (nSPS) is 19.4. The molecule has 122 valence electrons. The minimum Gasteiger partial charge on any atom is -0.302 e. The zero-order valence-corrected chi connectivity index (χ0v) is 13.9. The maximum Gasteiger partial charge on any atom is 0.232 e. The number of nitrogens with one attached hydrogen (secondary N) is 1. The lowest BCUT2D eigenvalue weighted by Gasteiger charge is -2.06. The molecule has 0 radical (unpaired) electrons. The van der Waals surface area contributed by atoms with E-state index in [0.717, 1.165) is 27.8 Å². The molecule has 2 atom stereocenters. The van der Waals surface area contributed by atoms with E-state index in [1.807, 2.05) is 24.4 Å². The minimum atomic E-state index is -0.996. The maximum absolute atomic E-state index is 13.0. The number of alkyl halides is 1. The molecule has 1 fully saturated rings. The van der Waals surface area contributed by atoms with Crippen LogP contribution in [0.5, 0.6) is 0 Å². The van der Waals surface area contributed by atoms with Gasteiger partial charge in [-0.05, 0) is 42.2 Å². The summed E-state index contributed by atoms with van der Waals surface area (Å²) in [5, 5.41) is 3.24. The first-order valence-electron chi connectivity index (χ1n) is 7.94. The SMILES string of the molecule is CCc1ccncc1-c1ccc2nc(NC(=O)C3CC3F)sc2c1. The number of rotatable bonds is 4. The topological polar surface area (TPSA) is 54.9 Å². The molecule has 24 heavy (non-hydrogen) atoms. The third kappa shape index (κ3) is 2.78. The molecule has 1 aliphatic rings. The first-order valence-corrected chi connectivity index (χ1v) is 8.76. The molecule has 1 aliphatic carbocycles. The van der Waals surface area contributed by atoms with Crippen LogP contribution in [0.15, 0.2) is 36.7 Å². The number of amides is 1. The van der Waals surface area contributed by atoms with Gasteiger partial charge >= 0.3 is 0 Å². The quantitative estimate of drug-likeness (QED) is 0.773. The zero-order valence-electron chi connectivity index (χ0n) is 13.1. The van der Waals surface area contributed by atoms with Crippen molar-refractivity contribution >= 4 is 32.6 Å². The number of nitrogens with zero attached hydrogens (tertiary/aromatic N) is 2. The monoisotopic (exact) mass is 341 g/mol. The van der Waals surface area contributed by atoms with Crippen molar-refractivity contribution in [3.63, 3.8) is 0 Å². The van der Waals surface area contributed by atoms with Gasteiger partial charge in [0.1, 0.15) is 6.17 Å². The molecule has 6 heteroatoms. The highest BCUT2D eigenvalue weighted by Crippen LogP contribution is 2.36. The summed E-state index contributed by atoms with van der Waals surface area (Å²) in [6.07, 6.45) is 3.94. The van der Waals surface area contributed by atoms with Crippen molar-refractivity contribution in [2.45, 2.75) is 25.9 Å². The van der Waals surface area contributed by atoms with E-state index in [4.69, 9.17) is 0 Å². The number of carbonyl (C=O) groups excluding carboxylic acids is 1. The number of anilines is 1. The van der Waals surface area contributed by atoms with Crippen LogP contribution in [0.3, 0.4) is 0 Å². The summed E-state index contributed by atoms with van der Waals surface area (Å²) < 4.78 is 13.9. The number of pyridine rings is 1. The van der Waals surface area contributed by atoms with Gasteiger partial charge in [-0.3, -0.25) is 9.78 Å². The van der Waals surface area contributed by atoms with Crippen molar-refractivity contribution in [2.24, 2.45) is 5.92 Å². The molecule has 0 aliphatic heterocycles. The van der Waals surface area contributed by atoms with Crippen molar-refractivity contribution < 1.29 is 9.18 Å². The van der Waals surface area contributed by atoms with E-state index in [9.17, 15) is 9.18 Å². The highest BCUT2D eigenvalue weighted by atomic mass is 32.1. The second kappa shape index (κ2) is 5.94. The lowest BCUT2D eigenvalue weighted by Crippen LogP contribution is -2.14. The second-order valence-electron chi connectivity index (χ2n) is 5.94. The summed E-state index contributed by atoms with van der Waals surface area (Å²) in [7, 11) is 0. The molecule has 1 N–H and O–H groups in total. The van der Waals surface area contributed by atoms with Crippen LogP contribution in [-0.2, 0) is 11.2 Å². The van der Waals surface area contributed by atoms with Gasteiger partial charge in [0.15, 0.2) is 5.13 Å². The number of fused-ring (bicyclic) bond motifs is 1. The first kappa shape index (κ1) is 15.2. The van der Waals surface area contributed by atoms with Crippen LogP contribution in [0, 0.1) is 5.92 Å². The van der Waals surface area contributed by atoms with E-state index in [1.165, 1.54) is 16.9 Å². The fourth-order valence-electron chi connectivity index (χ4n) is 2.77. The number of hydrogen-bond donors (Lipinski definition) is 1. The Kier molecular flexibility index (Phi) is 3.76. The molecule has 2 aromatic heterocycles. The van der Waals surface area contributed by atoms with Gasteiger partial charge < -0.3 is 5.32 Å². The molecule has 1 amide bonds. The fraction of sp³-hybridized carbons (Fsp3) is 0.278. The molecule has 2 heterocycles. The largest absolute Gasteiger partial charge is 0.302 e. The summed E-state index contributed by atoms with van der Waals surface area (Å²) in [5.41, 5.74) is 4.26. The average molecular weight is 341 g/mol. The molecule has 0 spiro atoms. The summed E-state index contributed by atoms with van der Waals surface area (Å²) in [5.74, 6) is -0.780. The number of hydrogen-bond acceptors (Lipinski definition) is 4. The van der Waals surface area contributed by atoms with E-state index >= 15 is 0 Å². The van der Waals surface area contributed by atoms with Crippen molar-refractivity contribution in [3.8, 4) is 11.1 Å². The van der Waals surface area contributed by atoms with E-state index in [0.29, 0.717) is 11.6 Å². The van der Waals surface area contributed by atoms with Crippen molar-refractivity contribution in [2.75, 3.05) is 5.32 Å². The van der Waals surface area contributed by atoms with E-state index < -0.39 is 12.1 Å². The Balaban J connectivity index is 1.65. The summed E-state index contributed by atoms with van der Waals surface area (Å²) in [6.45, 7) is 2.12. The standard InChI is InChI=1S/C18H16FN3OS/c1-2-10-5-6-20-9-13(10)11-3-4-15-16(7-11)24-18(21-15)22-17(23)12-8-14(12)19/h3-7,9,12,14H,2,8H2,1H3,(H,21,22,23). The molecule has 1 aromatic carbocycles. The fourth-order valence-corrected chi connectivity index (χ4v) is 3.68. The molecule has 1 saturated carbocycles. The summed E-state index contributed by atoms with van der Waals surface area (Å²) in [4.78, 5) is 20.5. The minimum absolute atomic E-state index is 0.276. The lowest BCUT2D eigenvalue weighted by molar-refractivity contribution is -0.117. The highest BCUT2D eigenvalue weighted by Gasteiger charge is 2.43. The van der Waals surface area contributed by atoms with Gasteiger partial charge in [-0.15, -0.1) is 0 Å². The van der Waals surface area contributed by atoms with Crippen LogP contribution >= 0.6 is 11.3 Å². The summed E-state index contributed by atoms with van der Waals surface area (Å²) in [6, 6.07) is 8.05. The third-order valence-electron chi connectivity index (χ3n) is 4.27.